The minimum atomic E-state index is -0.609. The summed E-state index contributed by atoms with van der Waals surface area (Å²) in [7, 11) is 0. The summed E-state index contributed by atoms with van der Waals surface area (Å²) >= 11 is 0. The van der Waals surface area contributed by atoms with Crippen molar-refractivity contribution in [2.75, 3.05) is 13.2 Å². The fourth-order valence-corrected chi connectivity index (χ4v) is 1.86. The molecule has 0 amide bonds. The Morgan fingerprint density at radius 3 is 2.44 bits per heavy atom. The van der Waals surface area contributed by atoms with Crippen LogP contribution < -0.4 is 5.73 Å². The molecule has 3 N–H and O–H groups in total. The summed E-state index contributed by atoms with van der Waals surface area (Å²) < 4.78 is 5.08. The zero-order chi connectivity index (χ0) is 12.6. The first-order valence-corrected chi connectivity index (χ1v) is 6.07. The van der Waals surface area contributed by atoms with E-state index in [1.807, 2.05) is 6.92 Å². The van der Waals surface area contributed by atoms with Crippen LogP contribution in [0.3, 0.4) is 0 Å². The first kappa shape index (κ1) is 15.4. The fraction of sp³-hybridized carbons (Fsp3) is 0.917. The van der Waals surface area contributed by atoms with Gasteiger partial charge in [-0.2, -0.15) is 0 Å². The Morgan fingerprint density at radius 1 is 1.44 bits per heavy atom. The summed E-state index contributed by atoms with van der Waals surface area (Å²) in [6.07, 6.45) is 2.37. The Labute approximate surface area is 98.2 Å². The molecule has 0 aliphatic heterocycles. The lowest BCUT2D eigenvalue weighted by Gasteiger charge is -2.30. The van der Waals surface area contributed by atoms with Crippen LogP contribution in [0.2, 0.25) is 0 Å². The smallest absolute Gasteiger partial charge is 0.313 e. The van der Waals surface area contributed by atoms with E-state index in [0.717, 1.165) is 12.8 Å². The zero-order valence-corrected chi connectivity index (χ0v) is 10.7. The molecular formula is C12H25NO3. The molecule has 0 aliphatic carbocycles. The van der Waals surface area contributed by atoms with Gasteiger partial charge in [-0.1, -0.05) is 13.3 Å². The highest BCUT2D eigenvalue weighted by Crippen LogP contribution is 2.31. The molecule has 0 rings (SSSR count). The van der Waals surface area contributed by atoms with Gasteiger partial charge in [-0.05, 0) is 33.1 Å². The highest BCUT2D eigenvalue weighted by molar-refractivity contribution is 5.77. The lowest BCUT2D eigenvalue weighted by molar-refractivity contribution is -0.156. The van der Waals surface area contributed by atoms with E-state index < -0.39 is 11.5 Å². The predicted molar refractivity (Wildman–Crippen MR) is 63.9 cm³/mol. The molecule has 0 aromatic heterocycles. The van der Waals surface area contributed by atoms with E-state index in [0.29, 0.717) is 19.4 Å². The molecule has 4 nitrogen and oxygen atoms in total. The summed E-state index contributed by atoms with van der Waals surface area (Å²) in [5.41, 5.74) is 5.12. The topological polar surface area (TPSA) is 72.5 Å². The number of esters is 1. The van der Waals surface area contributed by atoms with Gasteiger partial charge in [0.2, 0.25) is 0 Å². The van der Waals surface area contributed by atoms with Gasteiger partial charge in [0.15, 0.2) is 0 Å². The van der Waals surface area contributed by atoms with Crippen molar-refractivity contribution in [1.29, 1.82) is 0 Å². The highest BCUT2D eigenvalue weighted by atomic mass is 16.5. The average molecular weight is 231 g/mol. The van der Waals surface area contributed by atoms with Gasteiger partial charge in [0.25, 0.3) is 0 Å². The average Bonchev–Trinajstić information content (AvgIpc) is 2.24. The molecule has 16 heavy (non-hydrogen) atoms. The Hall–Kier alpha value is -0.610. The predicted octanol–water partition coefficient (Wildman–Crippen LogP) is 1.46. The quantitative estimate of drug-likeness (QED) is 0.620. The molecule has 0 aromatic carbocycles. The Balaban J connectivity index is 4.62. The molecule has 0 aromatic rings. The van der Waals surface area contributed by atoms with Crippen LogP contribution in [-0.2, 0) is 9.53 Å². The summed E-state index contributed by atoms with van der Waals surface area (Å²) in [4.78, 5) is 11.9. The SMILES string of the molecule is CCCC(CN)(CCC(C)O)C(=O)OCC. The van der Waals surface area contributed by atoms with Crippen LogP contribution in [0.1, 0.15) is 46.5 Å². The molecule has 0 heterocycles. The second-order valence-corrected chi connectivity index (χ2v) is 4.34. The molecule has 96 valence electrons. The van der Waals surface area contributed by atoms with Crippen LogP contribution >= 0.6 is 0 Å². The van der Waals surface area contributed by atoms with E-state index >= 15 is 0 Å². The van der Waals surface area contributed by atoms with Crippen LogP contribution in [0, 0.1) is 5.41 Å². The summed E-state index contributed by atoms with van der Waals surface area (Å²) in [6, 6.07) is 0. The molecule has 0 bridgehead atoms. The maximum Gasteiger partial charge on any atom is 0.313 e. The Kier molecular flexibility index (Phi) is 7.34. The third kappa shape index (κ3) is 4.49. The summed E-state index contributed by atoms with van der Waals surface area (Å²) in [5.74, 6) is -0.222. The van der Waals surface area contributed by atoms with Gasteiger partial charge in [0, 0.05) is 6.54 Å². The number of hydrogen-bond acceptors (Lipinski definition) is 4. The van der Waals surface area contributed by atoms with Crippen LogP contribution in [0.4, 0.5) is 0 Å². The molecule has 0 spiro atoms. The van der Waals surface area contributed by atoms with Crippen molar-refractivity contribution in [3.8, 4) is 0 Å². The lowest BCUT2D eigenvalue weighted by Crippen LogP contribution is -2.40. The molecular weight excluding hydrogens is 206 g/mol. The number of ether oxygens (including phenoxy) is 1. The van der Waals surface area contributed by atoms with Crippen molar-refractivity contribution < 1.29 is 14.6 Å². The summed E-state index contributed by atoms with van der Waals surface area (Å²) in [6.45, 7) is 6.19. The number of rotatable bonds is 8. The highest BCUT2D eigenvalue weighted by Gasteiger charge is 2.37. The minimum absolute atomic E-state index is 0.222. The van der Waals surface area contributed by atoms with Gasteiger partial charge in [0.05, 0.1) is 18.1 Å². The number of carbonyl (C=O) groups is 1. The lowest BCUT2D eigenvalue weighted by atomic mass is 9.78. The van der Waals surface area contributed by atoms with Crippen molar-refractivity contribution in [3.05, 3.63) is 0 Å². The number of aliphatic hydroxyl groups excluding tert-OH is 1. The monoisotopic (exact) mass is 231 g/mol. The second-order valence-electron chi connectivity index (χ2n) is 4.34. The zero-order valence-electron chi connectivity index (χ0n) is 10.7. The molecule has 2 unspecified atom stereocenters. The van der Waals surface area contributed by atoms with Crippen LogP contribution in [0.25, 0.3) is 0 Å². The van der Waals surface area contributed by atoms with Gasteiger partial charge >= 0.3 is 5.97 Å². The van der Waals surface area contributed by atoms with E-state index in [1.165, 1.54) is 0 Å². The van der Waals surface area contributed by atoms with Crippen molar-refractivity contribution >= 4 is 5.97 Å². The maximum absolute atomic E-state index is 11.9. The molecule has 0 aliphatic rings. The molecule has 0 saturated heterocycles. The normalized spacial score (nSPS) is 16.6. The van der Waals surface area contributed by atoms with Crippen LogP contribution in [0.15, 0.2) is 0 Å². The third-order valence-corrected chi connectivity index (χ3v) is 2.87. The van der Waals surface area contributed by atoms with Gasteiger partial charge < -0.3 is 15.6 Å². The van der Waals surface area contributed by atoms with E-state index in [2.05, 4.69) is 0 Å². The van der Waals surface area contributed by atoms with Crippen LogP contribution in [0.5, 0.6) is 0 Å². The Bertz CT molecular complexity index is 206. The van der Waals surface area contributed by atoms with Crippen molar-refractivity contribution in [1.82, 2.24) is 0 Å². The standard InChI is InChI=1S/C12H25NO3/c1-4-7-12(9-13,8-6-10(3)14)11(15)16-5-2/h10,14H,4-9,13H2,1-3H3. The Morgan fingerprint density at radius 2 is 2.06 bits per heavy atom. The minimum Gasteiger partial charge on any atom is -0.466 e. The van der Waals surface area contributed by atoms with Crippen molar-refractivity contribution in [3.63, 3.8) is 0 Å². The molecule has 2 atom stereocenters. The third-order valence-electron chi connectivity index (χ3n) is 2.87. The van der Waals surface area contributed by atoms with E-state index in [-0.39, 0.29) is 12.5 Å². The van der Waals surface area contributed by atoms with Gasteiger partial charge in [-0.15, -0.1) is 0 Å². The van der Waals surface area contributed by atoms with Crippen molar-refractivity contribution in [2.45, 2.75) is 52.6 Å². The molecule has 0 saturated carbocycles. The van der Waals surface area contributed by atoms with Gasteiger partial charge in [0.1, 0.15) is 0 Å². The van der Waals surface area contributed by atoms with E-state index in [1.54, 1.807) is 13.8 Å². The number of carbonyl (C=O) groups excluding carboxylic acids is 1. The number of nitrogens with two attached hydrogens (primary N) is 1. The molecule has 0 radical (unpaired) electrons. The van der Waals surface area contributed by atoms with E-state index in [4.69, 9.17) is 10.5 Å². The first-order chi connectivity index (χ1) is 7.52. The maximum atomic E-state index is 11.9. The molecule has 0 fully saturated rings. The summed E-state index contributed by atoms with van der Waals surface area (Å²) in [5, 5.41) is 9.30. The fourth-order valence-electron chi connectivity index (χ4n) is 1.86. The number of hydrogen-bond donors (Lipinski definition) is 2. The van der Waals surface area contributed by atoms with Gasteiger partial charge in [-0.25, -0.2) is 0 Å². The second kappa shape index (κ2) is 7.63. The van der Waals surface area contributed by atoms with Crippen LogP contribution in [-0.4, -0.2) is 30.3 Å². The first-order valence-electron chi connectivity index (χ1n) is 6.07. The van der Waals surface area contributed by atoms with Crippen molar-refractivity contribution in [2.24, 2.45) is 11.1 Å². The number of aliphatic hydroxyl groups is 1. The largest absolute Gasteiger partial charge is 0.466 e. The van der Waals surface area contributed by atoms with E-state index in [9.17, 15) is 9.90 Å². The van der Waals surface area contributed by atoms with Gasteiger partial charge in [-0.3, -0.25) is 4.79 Å². The molecule has 4 heteroatoms.